The fourth-order valence-electron chi connectivity index (χ4n) is 3.77. The number of aromatic nitrogens is 1. The van der Waals surface area contributed by atoms with Crippen molar-refractivity contribution >= 4 is 22.4 Å². The molecule has 1 aromatic heterocycles. The molecule has 7 heteroatoms. The number of benzene rings is 2. The third-order valence-corrected chi connectivity index (χ3v) is 5.07. The summed E-state index contributed by atoms with van der Waals surface area (Å²) in [5.74, 6) is -1.87. The summed E-state index contributed by atoms with van der Waals surface area (Å²) in [6.45, 7) is 3.95. The van der Waals surface area contributed by atoms with Crippen molar-refractivity contribution in [3.63, 3.8) is 0 Å². The zero-order valence-corrected chi connectivity index (χ0v) is 15.8. The topological polar surface area (TPSA) is 42.4 Å². The van der Waals surface area contributed by atoms with Crippen molar-refractivity contribution in [3.05, 3.63) is 59.8 Å². The van der Waals surface area contributed by atoms with E-state index >= 15 is 0 Å². The van der Waals surface area contributed by atoms with E-state index in [1.54, 1.807) is 42.5 Å². The van der Waals surface area contributed by atoms with Crippen molar-refractivity contribution in [1.82, 2.24) is 4.98 Å². The lowest BCUT2D eigenvalue weighted by molar-refractivity contribution is -0.0885. The number of para-hydroxylation sites is 1. The summed E-state index contributed by atoms with van der Waals surface area (Å²) in [4.78, 5) is 18.9. The van der Waals surface area contributed by atoms with Crippen LogP contribution in [0.25, 0.3) is 22.0 Å². The maximum Gasteiger partial charge on any atom is 0.454 e. The standard InChI is InChI=1S/C22H19F3N2O2/c1-14-18(21(28)22(23,24)25)19(15-6-3-2-4-7-15)16-8-5-9-17(20(16)26-14)27-10-12-29-13-11-27/h2-9H,10-13H2,1H3. The number of ketones is 1. The van der Waals surface area contributed by atoms with Gasteiger partial charge in [0.15, 0.2) is 0 Å². The number of anilines is 1. The third-order valence-electron chi connectivity index (χ3n) is 5.07. The van der Waals surface area contributed by atoms with Gasteiger partial charge in [-0.3, -0.25) is 9.78 Å². The molecule has 2 heterocycles. The zero-order chi connectivity index (χ0) is 20.6. The summed E-state index contributed by atoms with van der Waals surface area (Å²) in [5, 5.41) is 0.526. The molecular weight excluding hydrogens is 381 g/mol. The SMILES string of the molecule is Cc1nc2c(N3CCOCC3)cccc2c(-c2ccccc2)c1C(=O)C(F)(F)F. The van der Waals surface area contributed by atoms with E-state index in [4.69, 9.17) is 4.74 Å². The van der Waals surface area contributed by atoms with E-state index in [9.17, 15) is 18.0 Å². The molecule has 1 saturated heterocycles. The van der Waals surface area contributed by atoms with Crippen LogP contribution in [0.1, 0.15) is 16.1 Å². The molecule has 0 amide bonds. The van der Waals surface area contributed by atoms with Gasteiger partial charge in [-0.2, -0.15) is 13.2 Å². The van der Waals surface area contributed by atoms with Crippen molar-refractivity contribution in [2.24, 2.45) is 0 Å². The number of fused-ring (bicyclic) bond motifs is 1. The van der Waals surface area contributed by atoms with E-state index in [2.05, 4.69) is 9.88 Å². The number of carbonyl (C=O) groups is 1. The molecular formula is C22H19F3N2O2. The second kappa shape index (κ2) is 7.48. The number of carbonyl (C=O) groups excluding carboxylic acids is 1. The van der Waals surface area contributed by atoms with Crippen LogP contribution in [-0.4, -0.2) is 43.2 Å². The molecule has 0 radical (unpaired) electrons. The zero-order valence-electron chi connectivity index (χ0n) is 15.8. The number of Topliss-reactive ketones (excluding diaryl/α,β-unsaturated/α-hetero) is 1. The minimum atomic E-state index is -4.98. The Morgan fingerprint density at radius 2 is 1.72 bits per heavy atom. The van der Waals surface area contributed by atoms with Gasteiger partial charge in [0.25, 0.3) is 5.78 Å². The number of rotatable bonds is 3. The first-order valence-corrected chi connectivity index (χ1v) is 9.31. The van der Waals surface area contributed by atoms with Gasteiger partial charge in [-0.05, 0) is 18.6 Å². The van der Waals surface area contributed by atoms with E-state index < -0.39 is 17.5 Å². The number of alkyl halides is 3. The largest absolute Gasteiger partial charge is 0.454 e. The Labute approximate surface area is 165 Å². The lowest BCUT2D eigenvalue weighted by atomic mass is 9.91. The maximum absolute atomic E-state index is 13.4. The summed E-state index contributed by atoms with van der Waals surface area (Å²) < 4.78 is 45.6. The number of morpholine rings is 1. The monoisotopic (exact) mass is 400 g/mol. The van der Waals surface area contributed by atoms with Crippen LogP contribution in [0.4, 0.5) is 18.9 Å². The fourth-order valence-corrected chi connectivity index (χ4v) is 3.77. The first-order valence-electron chi connectivity index (χ1n) is 9.31. The second-order valence-corrected chi connectivity index (χ2v) is 6.91. The Hall–Kier alpha value is -2.93. The van der Waals surface area contributed by atoms with Gasteiger partial charge in [-0.25, -0.2) is 0 Å². The minimum absolute atomic E-state index is 0.0689. The Kier molecular flexibility index (Phi) is 5.00. The predicted octanol–water partition coefficient (Wildman–Crippen LogP) is 4.79. The summed E-state index contributed by atoms with van der Waals surface area (Å²) >= 11 is 0. The maximum atomic E-state index is 13.4. The van der Waals surface area contributed by atoms with Crippen LogP contribution in [0.2, 0.25) is 0 Å². The van der Waals surface area contributed by atoms with E-state index in [1.165, 1.54) is 6.92 Å². The molecule has 0 saturated carbocycles. The second-order valence-electron chi connectivity index (χ2n) is 6.91. The van der Waals surface area contributed by atoms with E-state index in [1.807, 2.05) is 6.07 Å². The van der Waals surface area contributed by atoms with Gasteiger partial charge in [0.2, 0.25) is 0 Å². The molecule has 29 heavy (non-hydrogen) atoms. The van der Waals surface area contributed by atoms with Crippen LogP contribution in [0.3, 0.4) is 0 Å². The first-order chi connectivity index (χ1) is 13.9. The van der Waals surface area contributed by atoms with Crippen LogP contribution in [0.5, 0.6) is 0 Å². The van der Waals surface area contributed by atoms with Gasteiger partial charge in [-0.1, -0.05) is 42.5 Å². The van der Waals surface area contributed by atoms with Crippen molar-refractivity contribution in [3.8, 4) is 11.1 Å². The van der Waals surface area contributed by atoms with Crippen molar-refractivity contribution in [2.45, 2.75) is 13.1 Å². The predicted molar refractivity (Wildman–Crippen MR) is 105 cm³/mol. The highest BCUT2D eigenvalue weighted by molar-refractivity contribution is 6.14. The molecule has 0 N–H and O–H groups in total. The fraction of sp³-hybridized carbons (Fsp3) is 0.273. The molecule has 150 valence electrons. The highest BCUT2D eigenvalue weighted by atomic mass is 19.4. The molecule has 4 nitrogen and oxygen atoms in total. The quantitative estimate of drug-likeness (QED) is 0.593. The molecule has 0 aliphatic carbocycles. The van der Waals surface area contributed by atoms with Crippen LogP contribution in [0.15, 0.2) is 48.5 Å². The third kappa shape index (κ3) is 3.58. The summed E-state index contributed by atoms with van der Waals surface area (Å²) in [7, 11) is 0. The van der Waals surface area contributed by atoms with Crippen LogP contribution in [0, 0.1) is 6.92 Å². The van der Waals surface area contributed by atoms with E-state index in [-0.39, 0.29) is 11.3 Å². The lowest BCUT2D eigenvalue weighted by Gasteiger charge is -2.30. The van der Waals surface area contributed by atoms with Gasteiger partial charge in [-0.15, -0.1) is 0 Å². The van der Waals surface area contributed by atoms with Crippen LogP contribution in [-0.2, 0) is 4.74 Å². The average molecular weight is 400 g/mol. The number of aryl methyl sites for hydroxylation is 1. The highest BCUT2D eigenvalue weighted by Gasteiger charge is 2.42. The molecule has 3 aromatic rings. The Morgan fingerprint density at radius 3 is 2.38 bits per heavy atom. The smallest absolute Gasteiger partial charge is 0.378 e. The Morgan fingerprint density at radius 1 is 1.03 bits per heavy atom. The molecule has 1 aliphatic rings. The number of pyridine rings is 1. The van der Waals surface area contributed by atoms with Crippen molar-refractivity contribution in [2.75, 3.05) is 31.2 Å². The number of nitrogens with zero attached hydrogens (tertiary/aromatic N) is 2. The van der Waals surface area contributed by atoms with Gasteiger partial charge < -0.3 is 9.64 Å². The van der Waals surface area contributed by atoms with Gasteiger partial charge in [0.1, 0.15) is 0 Å². The van der Waals surface area contributed by atoms with Gasteiger partial charge in [0, 0.05) is 29.7 Å². The van der Waals surface area contributed by atoms with Crippen molar-refractivity contribution < 1.29 is 22.7 Å². The van der Waals surface area contributed by atoms with E-state index in [0.717, 1.165) is 5.69 Å². The molecule has 0 spiro atoms. The summed E-state index contributed by atoms with van der Waals surface area (Å²) in [5.41, 5.74) is 1.91. The normalized spacial score (nSPS) is 15.0. The number of hydrogen-bond donors (Lipinski definition) is 0. The first kappa shape index (κ1) is 19.4. The Balaban J connectivity index is 2.04. The van der Waals surface area contributed by atoms with Crippen molar-refractivity contribution in [1.29, 1.82) is 0 Å². The lowest BCUT2D eigenvalue weighted by Crippen LogP contribution is -2.36. The van der Waals surface area contributed by atoms with Gasteiger partial charge in [0.05, 0.1) is 30.0 Å². The number of hydrogen-bond acceptors (Lipinski definition) is 4. The van der Waals surface area contributed by atoms with Crippen LogP contribution >= 0.6 is 0 Å². The average Bonchev–Trinajstić information content (AvgIpc) is 2.72. The van der Waals surface area contributed by atoms with Crippen LogP contribution < -0.4 is 4.90 Å². The Bertz CT molecular complexity index is 1060. The summed E-state index contributed by atoms with van der Waals surface area (Å²) in [6.07, 6.45) is -4.98. The number of halogens is 3. The molecule has 1 fully saturated rings. The van der Waals surface area contributed by atoms with E-state index in [0.29, 0.717) is 42.8 Å². The molecule has 4 rings (SSSR count). The molecule has 0 bridgehead atoms. The number of ether oxygens (including phenoxy) is 1. The minimum Gasteiger partial charge on any atom is -0.378 e. The molecule has 0 atom stereocenters. The molecule has 1 aliphatic heterocycles. The highest BCUT2D eigenvalue weighted by Crippen LogP contribution is 2.39. The molecule has 0 unspecified atom stereocenters. The molecule has 2 aromatic carbocycles. The van der Waals surface area contributed by atoms with Gasteiger partial charge >= 0.3 is 6.18 Å². The summed E-state index contributed by atoms with van der Waals surface area (Å²) in [6, 6.07) is 14.1.